The van der Waals surface area contributed by atoms with Gasteiger partial charge in [-0.05, 0) is 56.6 Å². The number of hydrogen-bond donors (Lipinski definition) is 0. The smallest absolute Gasteiger partial charge is 0.263 e. The molecule has 4 nitrogen and oxygen atoms in total. The Hall–Kier alpha value is -1.58. The zero-order chi connectivity index (χ0) is 15.4. The molecule has 1 aromatic heterocycles. The van der Waals surface area contributed by atoms with Crippen LogP contribution in [0.5, 0.6) is 0 Å². The van der Waals surface area contributed by atoms with Gasteiger partial charge in [-0.3, -0.25) is 9.59 Å². The number of carbonyl (C=O) groups excluding carboxylic acids is 1. The zero-order valence-electron chi connectivity index (χ0n) is 13.4. The third kappa shape index (κ3) is 2.03. The van der Waals surface area contributed by atoms with Crippen LogP contribution in [0.25, 0.3) is 0 Å². The van der Waals surface area contributed by atoms with E-state index in [0.29, 0.717) is 23.4 Å². The summed E-state index contributed by atoms with van der Waals surface area (Å²) in [6.07, 6.45) is 2.38. The van der Waals surface area contributed by atoms with E-state index in [1.54, 1.807) is 4.57 Å². The minimum absolute atomic E-state index is 0.0697. The lowest BCUT2D eigenvalue weighted by Crippen LogP contribution is -2.38. The number of aryl methyl sites for hydroxylation is 2. The van der Waals surface area contributed by atoms with Crippen LogP contribution in [0.1, 0.15) is 48.3 Å². The maximum Gasteiger partial charge on any atom is 0.263 e. The lowest BCUT2D eigenvalue weighted by molar-refractivity contribution is 0.0760. The van der Waals surface area contributed by atoms with Crippen LogP contribution < -0.4 is 5.56 Å². The molecule has 0 spiro atoms. The van der Waals surface area contributed by atoms with Crippen LogP contribution in [0.15, 0.2) is 10.9 Å². The number of carbonyl (C=O) groups is 1. The molecule has 0 bridgehead atoms. The Labute approximate surface area is 125 Å². The first-order valence-corrected chi connectivity index (χ1v) is 7.94. The Morgan fingerprint density at radius 3 is 2.67 bits per heavy atom. The maximum absolute atomic E-state index is 12.8. The second-order valence-corrected chi connectivity index (χ2v) is 6.70. The fourth-order valence-corrected chi connectivity index (χ4v) is 4.03. The quantitative estimate of drug-likeness (QED) is 0.857. The molecule has 1 amide bonds. The lowest BCUT2D eigenvalue weighted by atomic mass is 10.0. The highest BCUT2D eigenvalue weighted by Gasteiger charge is 2.59. The summed E-state index contributed by atoms with van der Waals surface area (Å²) in [6.45, 7) is 10.2. The van der Waals surface area contributed by atoms with Crippen LogP contribution in [0.2, 0.25) is 0 Å². The fourth-order valence-electron chi connectivity index (χ4n) is 4.03. The highest BCUT2D eigenvalue weighted by atomic mass is 16.2. The first-order valence-electron chi connectivity index (χ1n) is 7.94. The highest BCUT2D eigenvalue weighted by molar-refractivity contribution is 5.95. The first kappa shape index (κ1) is 14.4. The number of piperidine rings is 1. The van der Waals surface area contributed by atoms with Gasteiger partial charge >= 0.3 is 0 Å². The summed E-state index contributed by atoms with van der Waals surface area (Å²) < 4.78 is 1.69. The number of hydrogen-bond acceptors (Lipinski definition) is 2. The van der Waals surface area contributed by atoms with Gasteiger partial charge in [0.15, 0.2) is 0 Å². The van der Waals surface area contributed by atoms with E-state index >= 15 is 0 Å². The number of amides is 1. The minimum atomic E-state index is -0.133. The van der Waals surface area contributed by atoms with Crippen molar-refractivity contribution in [2.45, 2.75) is 47.1 Å². The summed E-state index contributed by atoms with van der Waals surface area (Å²) in [5.41, 5.74) is 2.32. The van der Waals surface area contributed by atoms with Crippen molar-refractivity contribution < 1.29 is 4.79 Å². The van der Waals surface area contributed by atoms with Crippen molar-refractivity contribution in [2.24, 2.45) is 11.3 Å². The summed E-state index contributed by atoms with van der Waals surface area (Å²) in [5.74, 6) is 0.588. The average molecular weight is 288 g/mol. The van der Waals surface area contributed by atoms with E-state index in [9.17, 15) is 9.59 Å². The number of nitrogens with zero attached hydrogens (tertiary/aromatic N) is 2. The molecular formula is C17H24N2O2. The molecule has 2 aliphatic rings. The average Bonchev–Trinajstić information content (AvgIpc) is 3.00. The highest BCUT2D eigenvalue weighted by Crippen LogP contribution is 2.59. The Bertz CT molecular complexity index is 657. The van der Waals surface area contributed by atoms with Crippen molar-refractivity contribution in [1.29, 1.82) is 0 Å². The molecule has 1 saturated heterocycles. The van der Waals surface area contributed by atoms with Gasteiger partial charge in [0, 0.05) is 25.3 Å². The molecule has 0 radical (unpaired) electrons. The van der Waals surface area contributed by atoms with Crippen LogP contribution in [-0.4, -0.2) is 28.5 Å². The van der Waals surface area contributed by atoms with Crippen LogP contribution in [0, 0.1) is 25.2 Å². The van der Waals surface area contributed by atoms with Crippen LogP contribution >= 0.6 is 0 Å². The van der Waals surface area contributed by atoms with Crippen molar-refractivity contribution in [2.75, 3.05) is 13.1 Å². The molecule has 114 valence electrons. The molecule has 1 aliphatic heterocycles. The van der Waals surface area contributed by atoms with E-state index in [4.69, 9.17) is 0 Å². The monoisotopic (exact) mass is 288 g/mol. The normalized spacial score (nSPS) is 26.9. The van der Waals surface area contributed by atoms with Gasteiger partial charge in [0.2, 0.25) is 0 Å². The summed E-state index contributed by atoms with van der Waals surface area (Å²) in [5, 5.41) is 0. The van der Waals surface area contributed by atoms with Gasteiger partial charge in [0.25, 0.3) is 11.5 Å². The van der Waals surface area contributed by atoms with Gasteiger partial charge in [0.05, 0.1) is 0 Å². The number of likely N-dealkylation sites (tertiary alicyclic amines) is 1. The number of pyridine rings is 1. The van der Waals surface area contributed by atoms with Crippen molar-refractivity contribution in [1.82, 2.24) is 9.47 Å². The van der Waals surface area contributed by atoms with E-state index in [2.05, 4.69) is 6.92 Å². The topological polar surface area (TPSA) is 42.3 Å². The molecule has 21 heavy (non-hydrogen) atoms. The number of aromatic nitrogens is 1. The number of rotatable bonds is 3. The second kappa shape index (κ2) is 4.72. The molecule has 2 unspecified atom stereocenters. The Morgan fingerprint density at radius 2 is 2.10 bits per heavy atom. The summed E-state index contributed by atoms with van der Waals surface area (Å²) >= 11 is 0. The van der Waals surface area contributed by atoms with Crippen LogP contribution in [-0.2, 0) is 6.54 Å². The standard InChI is InChI=1S/C17H24N2O2/c1-5-17-8-13(17)9-18(10-17)15(20)14-11(3)7-12(4)19(6-2)16(14)21/h7,13H,5-6,8-10H2,1-4H3. The number of fused-ring (bicyclic) bond motifs is 1. The lowest BCUT2D eigenvalue weighted by Gasteiger charge is -2.22. The molecule has 0 N–H and O–H groups in total. The molecule has 1 aromatic rings. The van der Waals surface area contributed by atoms with Gasteiger partial charge in [-0.1, -0.05) is 6.92 Å². The molecule has 1 aliphatic carbocycles. The minimum Gasteiger partial charge on any atom is -0.338 e. The largest absolute Gasteiger partial charge is 0.338 e. The van der Waals surface area contributed by atoms with Crippen molar-refractivity contribution in [3.63, 3.8) is 0 Å². The van der Waals surface area contributed by atoms with Gasteiger partial charge < -0.3 is 9.47 Å². The van der Waals surface area contributed by atoms with Crippen LogP contribution in [0.3, 0.4) is 0 Å². The van der Waals surface area contributed by atoms with Crippen LogP contribution in [0.4, 0.5) is 0 Å². The van der Waals surface area contributed by atoms with E-state index in [1.807, 2.05) is 31.7 Å². The molecule has 2 heterocycles. The Balaban J connectivity index is 1.95. The van der Waals surface area contributed by atoms with E-state index < -0.39 is 0 Å². The third-order valence-electron chi connectivity index (χ3n) is 5.53. The molecule has 1 saturated carbocycles. The molecule has 0 aromatic carbocycles. The summed E-state index contributed by atoms with van der Waals surface area (Å²) in [7, 11) is 0. The molecule has 4 heteroatoms. The molecule has 2 fully saturated rings. The molecule has 3 rings (SSSR count). The summed E-state index contributed by atoms with van der Waals surface area (Å²) in [4.78, 5) is 27.3. The van der Waals surface area contributed by atoms with Crippen molar-refractivity contribution in [3.05, 3.63) is 33.2 Å². The van der Waals surface area contributed by atoms with Crippen molar-refractivity contribution >= 4 is 5.91 Å². The SMILES string of the molecule is CCn1c(C)cc(C)c(C(=O)N2CC3CC3(CC)C2)c1=O. The Kier molecular flexibility index (Phi) is 3.23. The third-order valence-corrected chi connectivity index (χ3v) is 5.53. The second-order valence-electron chi connectivity index (χ2n) is 6.70. The zero-order valence-corrected chi connectivity index (χ0v) is 13.4. The molecule has 2 atom stereocenters. The molecular weight excluding hydrogens is 264 g/mol. The maximum atomic E-state index is 12.8. The fraction of sp³-hybridized carbons (Fsp3) is 0.647. The first-order chi connectivity index (χ1) is 9.93. The Morgan fingerprint density at radius 1 is 1.38 bits per heavy atom. The summed E-state index contributed by atoms with van der Waals surface area (Å²) in [6, 6.07) is 1.95. The van der Waals surface area contributed by atoms with Gasteiger partial charge in [-0.2, -0.15) is 0 Å². The van der Waals surface area contributed by atoms with Crippen molar-refractivity contribution in [3.8, 4) is 0 Å². The predicted molar refractivity (Wildman–Crippen MR) is 82.6 cm³/mol. The van der Waals surface area contributed by atoms with E-state index in [1.165, 1.54) is 6.42 Å². The van der Waals surface area contributed by atoms with Gasteiger partial charge in [-0.25, -0.2) is 0 Å². The van der Waals surface area contributed by atoms with E-state index in [0.717, 1.165) is 30.8 Å². The predicted octanol–water partition coefficient (Wildman–Crippen LogP) is 2.36. The van der Waals surface area contributed by atoms with Gasteiger partial charge in [0.1, 0.15) is 5.56 Å². The van der Waals surface area contributed by atoms with Gasteiger partial charge in [-0.15, -0.1) is 0 Å². The van der Waals surface area contributed by atoms with E-state index in [-0.39, 0.29) is 11.5 Å².